The topological polar surface area (TPSA) is 81.8 Å². The number of alkyl halides is 2. The van der Waals surface area contributed by atoms with Gasteiger partial charge in [-0.2, -0.15) is 8.78 Å². The van der Waals surface area contributed by atoms with Crippen molar-refractivity contribution < 1.29 is 36.9 Å². The molecule has 4 rings (SSSR count). The minimum atomic E-state index is -4.11. The smallest absolute Gasteiger partial charge is 0.421 e. The molecule has 0 saturated carbocycles. The Morgan fingerprint density at radius 2 is 1.88 bits per heavy atom. The van der Waals surface area contributed by atoms with Crippen molar-refractivity contribution in [3.05, 3.63) is 81.9 Å². The standard InChI is InChI=1S/C23H16ClF4NO4/c24-20-14(25)9-17-13(8-16(32-17)11-4-2-1-3-5-11)18(20)19-12(22(29)31)6-7-15(21(19)26)33-23(27,28)10-30/h1-7,9,16,30H,8,10H2,(H2,29,31). The number of halogens is 5. The van der Waals surface area contributed by atoms with Gasteiger partial charge in [0.25, 0.3) is 0 Å². The van der Waals surface area contributed by atoms with Crippen molar-refractivity contribution in [3.8, 4) is 22.6 Å². The molecule has 3 aromatic carbocycles. The third-order valence-corrected chi connectivity index (χ3v) is 5.55. The Bertz CT molecular complexity index is 1240. The number of aliphatic hydroxyl groups excluding tert-OH is 1. The highest BCUT2D eigenvalue weighted by Gasteiger charge is 2.36. The van der Waals surface area contributed by atoms with Crippen molar-refractivity contribution in [2.45, 2.75) is 18.6 Å². The molecule has 10 heteroatoms. The predicted octanol–water partition coefficient (Wildman–Crippen LogP) is 5.02. The van der Waals surface area contributed by atoms with Crippen LogP contribution in [-0.4, -0.2) is 23.7 Å². The first kappa shape index (κ1) is 22.9. The molecule has 0 aromatic heterocycles. The van der Waals surface area contributed by atoms with Crippen LogP contribution in [0, 0.1) is 11.6 Å². The second-order valence-corrected chi connectivity index (χ2v) is 7.69. The van der Waals surface area contributed by atoms with Gasteiger partial charge in [-0.15, -0.1) is 0 Å². The lowest BCUT2D eigenvalue weighted by atomic mass is 9.91. The van der Waals surface area contributed by atoms with Crippen LogP contribution in [-0.2, 0) is 6.42 Å². The van der Waals surface area contributed by atoms with Crippen LogP contribution in [0.3, 0.4) is 0 Å². The fourth-order valence-corrected chi connectivity index (χ4v) is 3.98. The summed E-state index contributed by atoms with van der Waals surface area (Å²) in [6.07, 6.45) is -4.54. The van der Waals surface area contributed by atoms with Crippen LogP contribution in [0.15, 0.2) is 48.5 Å². The number of carbonyl (C=O) groups excluding carboxylic acids is 1. The van der Waals surface area contributed by atoms with E-state index in [1.165, 1.54) is 0 Å². The third-order valence-electron chi connectivity index (χ3n) is 5.18. The van der Waals surface area contributed by atoms with Crippen LogP contribution in [0.25, 0.3) is 11.1 Å². The van der Waals surface area contributed by atoms with Gasteiger partial charge in [-0.25, -0.2) is 8.78 Å². The van der Waals surface area contributed by atoms with Crippen LogP contribution in [0.2, 0.25) is 5.02 Å². The quantitative estimate of drug-likeness (QED) is 0.484. The lowest BCUT2D eigenvalue weighted by Crippen LogP contribution is -2.29. The molecule has 0 aliphatic carbocycles. The number of fused-ring (bicyclic) bond motifs is 1. The summed E-state index contributed by atoms with van der Waals surface area (Å²) >= 11 is 6.19. The molecule has 0 spiro atoms. The molecule has 1 aliphatic rings. The van der Waals surface area contributed by atoms with E-state index in [9.17, 15) is 18.0 Å². The number of carbonyl (C=O) groups is 1. The lowest BCUT2D eigenvalue weighted by Gasteiger charge is -2.19. The van der Waals surface area contributed by atoms with Gasteiger partial charge in [0.1, 0.15) is 24.3 Å². The Morgan fingerprint density at radius 1 is 1.18 bits per heavy atom. The summed E-state index contributed by atoms with van der Waals surface area (Å²) < 4.78 is 67.5. The van der Waals surface area contributed by atoms with E-state index in [0.29, 0.717) is 0 Å². The van der Waals surface area contributed by atoms with Crippen molar-refractivity contribution >= 4 is 17.5 Å². The number of benzene rings is 3. The van der Waals surface area contributed by atoms with Gasteiger partial charge in [-0.3, -0.25) is 4.79 Å². The Hall–Kier alpha value is -3.30. The largest absolute Gasteiger partial charge is 0.485 e. The number of rotatable bonds is 6. The molecule has 1 unspecified atom stereocenters. The molecule has 3 aromatic rings. The van der Waals surface area contributed by atoms with E-state index >= 15 is 4.39 Å². The zero-order chi connectivity index (χ0) is 23.9. The first-order valence-electron chi connectivity index (χ1n) is 9.65. The van der Waals surface area contributed by atoms with E-state index in [0.717, 1.165) is 23.8 Å². The molecule has 5 nitrogen and oxygen atoms in total. The molecular weight excluding hydrogens is 466 g/mol. The summed E-state index contributed by atoms with van der Waals surface area (Å²) in [5.41, 5.74) is 5.11. The zero-order valence-corrected chi connectivity index (χ0v) is 17.5. The number of amides is 1. The monoisotopic (exact) mass is 481 g/mol. The number of nitrogens with two attached hydrogens (primary N) is 1. The van der Waals surface area contributed by atoms with Gasteiger partial charge >= 0.3 is 6.11 Å². The molecule has 0 radical (unpaired) electrons. The number of aliphatic hydroxyl groups is 1. The summed E-state index contributed by atoms with van der Waals surface area (Å²) in [5.74, 6) is -4.42. The van der Waals surface area contributed by atoms with E-state index < -0.39 is 58.3 Å². The number of hydrogen-bond donors (Lipinski definition) is 2. The summed E-state index contributed by atoms with van der Waals surface area (Å²) in [4.78, 5) is 12.0. The second-order valence-electron chi connectivity index (χ2n) is 7.31. The van der Waals surface area contributed by atoms with Crippen molar-refractivity contribution in [1.82, 2.24) is 0 Å². The summed E-state index contributed by atoms with van der Waals surface area (Å²) in [7, 11) is 0. The minimum absolute atomic E-state index is 0.0579. The second kappa shape index (κ2) is 8.57. The molecule has 1 atom stereocenters. The Morgan fingerprint density at radius 3 is 2.52 bits per heavy atom. The average Bonchev–Trinajstić information content (AvgIpc) is 3.20. The van der Waals surface area contributed by atoms with Crippen LogP contribution in [0.5, 0.6) is 11.5 Å². The van der Waals surface area contributed by atoms with Gasteiger partial charge in [-0.05, 0) is 17.7 Å². The predicted molar refractivity (Wildman–Crippen MR) is 111 cm³/mol. The normalized spacial score (nSPS) is 15.2. The van der Waals surface area contributed by atoms with Crippen molar-refractivity contribution in [2.75, 3.05) is 6.61 Å². The third kappa shape index (κ3) is 4.21. The lowest BCUT2D eigenvalue weighted by molar-refractivity contribution is -0.202. The van der Waals surface area contributed by atoms with Crippen LogP contribution < -0.4 is 15.2 Å². The van der Waals surface area contributed by atoms with Crippen molar-refractivity contribution in [3.63, 3.8) is 0 Å². The van der Waals surface area contributed by atoms with E-state index in [4.69, 9.17) is 27.2 Å². The first-order chi connectivity index (χ1) is 15.6. The molecule has 3 N–H and O–H groups in total. The van der Waals surface area contributed by atoms with Gasteiger partial charge < -0.3 is 20.3 Å². The van der Waals surface area contributed by atoms with Crippen molar-refractivity contribution in [1.29, 1.82) is 0 Å². The van der Waals surface area contributed by atoms with E-state index in [1.807, 2.05) is 0 Å². The molecule has 1 aliphatic heterocycles. The highest BCUT2D eigenvalue weighted by molar-refractivity contribution is 6.34. The SMILES string of the molecule is NC(=O)c1ccc(OC(F)(F)CO)c(F)c1-c1c(Cl)c(F)cc2c1CC(c1ccccc1)O2. The average molecular weight is 482 g/mol. The van der Waals surface area contributed by atoms with Gasteiger partial charge in [0, 0.05) is 29.2 Å². The molecule has 0 saturated heterocycles. The number of ether oxygens (including phenoxy) is 2. The van der Waals surface area contributed by atoms with Crippen LogP contribution in [0.4, 0.5) is 17.6 Å². The maximum atomic E-state index is 15.5. The highest BCUT2D eigenvalue weighted by atomic mass is 35.5. The fraction of sp³-hybridized carbons (Fsp3) is 0.174. The molecule has 33 heavy (non-hydrogen) atoms. The first-order valence-corrected chi connectivity index (χ1v) is 10.0. The van der Waals surface area contributed by atoms with Crippen molar-refractivity contribution in [2.24, 2.45) is 5.73 Å². The van der Waals surface area contributed by atoms with Gasteiger partial charge in [0.2, 0.25) is 5.91 Å². The summed E-state index contributed by atoms with van der Waals surface area (Å²) in [6, 6.07) is 11.7. The van der Waals surface area contributed by atoms with E-state index in [1.54, 1.807) is 30.3 Å². The number of hydrogen-bond acceptors (Lipinski definition) is 4. The molecule has 0 bridgehead atoms. The van der Waals surface area contributed by atoms with Gasteiger partial charge in [-0.1, -0.05) is 41.9 Å². The van der Waals surface area contributed by atoms with E-state index in [2.05, 4.69) is 4.74 Å². The van der Waals surface area contributed by atoms with Crippen LogP contribution >= 0.6 is 11.6 Å². The molecule has 1 amide bonds. The molecular formula is C23H16ClF4NO4. The minimum Gasteiger partial charge on any atom is -0.485 e. The van der Waals surface area contributed by atoms with Gasteiger partial charge in [0.15, 0.2) is 11.6 Å². The highest BCUT2D eigenvalue weighted by Crippen LogP contribution is 2.48. The maximum Gasteiger partial charge on any atom is 0.421 e. The Labute approximate surface area is 190 Å². The fourth-order valence-electron chi connectivity index (χ4n) is 3.72. The Kier molecular flexibility index (Phi) is 5.94. The van der Waals surface area contributed by atoms with E-state index in [-0.39, 0.29) is 23.3 Å². The van der Waals surface area contributed by atoms with Crippen LogP contribution in [0.1, 0.15) is 27.6 Å². The molecule has 172 valence electrons. The summed E-state index contributed by atoms with van der Waals surface area (Å²) in [6.45, 7) is -1.72. The molecule has 1 heterocycles. The number of primary amides is 1. The van der Waals surface area contributed by atoms with Gasteiger partial charge in [0.05, 0.1) is 10.6 Å². The molecule has 0 fully saturated rings. The summed E-state index contributed by atoms with van der Waals surface area (Å²) in [5, 5.41) is 8.22. The Balaban J connectivity index is 1.92. The zero-order valence-electron chi connectivity index (χ0n) is 16.7. The maximum absolute atomic E-state index is 15.5.